The zero-order valence-corrected chi connectivity index (χ0v) is 11.2. The van der Waals surface area contributed by atoms with E-state index in [9.17, 15) is 18.0 Å². The number of H-pyrrole nitrogens is 1. The average molecular weight is 290 g/mol. The fourth-order valence-electron chi connectivity index (χ4n) is 1.19. The number of aromatic nitrogens is 2. The highest BCUT2D eigenvalue weighted by Crippen LogP contribution is 2.02. The van der Waals surface area contributed by atoms with Crippen LogP contribution in [0.15, 0.2) is 6.33 Å². The molecule has 1 aromatic heterocycles. The van der Waals surface area contributed by atoms with Crippen LogP contribution in [-0.4, -0.2) is 66.1 Å². The van der Waals surface area contributed by atoms with Crippen LogP contribution in [0.2, 0.25) is 0 Å². The van der Waals surface area contributed by atoms with E-state index in [4.69, 9.17) is 5.11 Å². The molecule has 0 aliphatic carbocycles. The Hall–Kier alpha value is -1.94. The van der Waals surface area contributed by atoms with Gasteiger partial charge in [0.1, 0.15) is 0 Å². The number of imidazole rings is 1. The summed E-state index contributed by atoms with van der Waals surface area (Å²) in [7, 11) is -0.650. The van der Waals surface area contributed by atoms with Crippen molar-refractivity contribution in [3.8, 4) is 0 Å². The number of aromatic amines is 1. The smallest absolute Gasteiger partial charge is 0.354 e. The molecule has 0 radical (unpaired) electrons. The largest absolute Gasteiger partial charge is 0.477 e. The number of carbonyl (C=O) groups is 2. The Morgan fingerprint density at radius 3 is 2.63 bits per heavy atom. The van der Waals surface area contributed by atoms with Crippen LogP contribution in [0.3, 0.4) is 0 Å². The monoisotopic (exact) mass is 290 g/mol. The summed E-state index contributed by atoms with van der Waals surface area (Å²) in [6, 6.07) is 0. The predicted octanol–water partition coefficient (Wildman–Crippen LogP) is -1.27. The maximum Gasteiger partial charge on any atom is 0.354 e. The first kappa shape index (κ1) is 15.1. The van der Waals surface area contributed by atoms with E-state index in [-0.39, 0.29) is 23.7 Å². The molecule has 1 rings (SSSR count). The maximum atomic E-state index is 11.6. The Kier molecular flexibility index (Phi) is 4.62. The SMILES string of the molecule is CN(C)S(=O)(=O)CCNC(=O)c1nc[nH]c1C(=O)O. The van der Waals surface area contributed by atoms with E-state index < -0.39 is 21.9 Å². The third-order valence-corrected chi connectivity index (χ3v) is 4.10. The number of aromatic carboxylic acids is 1. The van der Waals surface area contributed by atoms with Gasteiger partial charge in [0, 0.05) is 20.6 Å². The molecule has 0 aliphatic rings. The van der Waals surface area contributed by atoms with Gasteiger partial charge in [-0.1, -0.05) is 0 Å². The van der Waals surface area contributed by atoms with Crippen molar-refractivity contribution in [2.24, 2.45) is 0 Å². The summed E-state index contributed by atoms with van der Waals surface area (Å²) >= 11 is 0. The number of carbonyl (C=O) groups excluding carboxylic acids is 1. The molecular weight excluding hydrogens is 276 g/mol. The molecule has 0 fully saturated rings. The van der Waals surface area contributed by atoms with E-state index in [2.05, 4.69) is 15.3 Å². The van der Waals surface area contributed by atoms with Gasteiger partial charge in [-0.05, 0) is 0 Å². The molecule has 0 unspecified atom stereocenters. The summed E-state index contributed by atoms with van der Waals surface area (Å²) in [5, 5.41) is 11.1. The van der Waals surface area contributed by atoms with Crippen molar-refractivity contribution in [3.05, 3.63) is 17.7 Å². The lowest BCUT2D eigenvalue weighted by atomic mass is 10.3. The van der Waals surface area contributed by atoms with Crippen molar-refractivity contribution in [3.63, 3.8) is 0 Å². The second kappa shape index (κ2) is 5.80. The average Bonchev–Trinajstić information content (AvgIpc) is 2.77. The number of rotatable bonds is 6. The van der Waals surface area contributed by atoms with E-state index >= 15 is 0 Å². The number of hydrogen-bond donors (Lipinski definition) is 3. The van der Waals surface area contributed by atoms with Gasteiger partial charge in [0.25, 0.3) is 5.91 Å². The molecule has 1 heterocycles. The van der Waals surface area contributed by atoms with Gasteiger partial charge in [0.05, 0.1) is 12.1 Å². The van der Waals surface area contributed by atoms with Crippen molar-refractivity contribution in [2.45, 2.75) is 0 Å². The first-order chi connectivity index (χ1) is 8.75. The van der Waals surface area contributed by atoms with Gasteiger partial charge in [-0.25, -0.2) is 22.5 Å². The highest BCUT2D eigenvalue weighted by molar-refractivity contribution is 7.89. The molecule has 19 heavy (non-hydrogen) atoms. The quantitative estimate of drug-likeness (QED) is 0.598. The molecular formula is C9H14N4O5S. The molecule has 10 heteroatoms. The molecule has 0 aromatic carbocycles. The molecule has 0 saturated carbocycles. The number of carboxylic acids is 1. The number of hydrogen-bond acceptors (Lipinski definition) is 5. The minimum absolute atomic E-state index is 0.134. The Balaban J connectivity index is 2.62. The van der Waals surface area contributed by atoms with Crippen LogP contribution < -0.4 is 5.32 Å². The summed E-state index contributed by atoms with van der Waals surface area (Å²) in [5.41, 5.74) is -0.622. The summed E-state index contributed by atoms with van der Waals surface area (Å²) in [6.07, 6.45) is 1.08. The molecule has 0 bridgehead atoms. The standard InChI is InChI=1S/C9H14N4O5S/c1-13(2)19(17,18)4-3-10-8(14)6-7(9(15)16)12-5-11-6/h5H,3-4H2,1-2H3,(H,10,14)(H,11,12)(H,15,16). The van der Waals surface area contributed by atoms with Crippen LogP contribution in [-0.2, 0) is 10.0 Å². The zero-order chi connectivity index (χ0) is 14.6. The number of sulfonamides is 1. The first-order valence-electron chi connectivity index (χ1n) is 5.20. The van der Waals surface area contributed by atoms with Gasteiger partial charge in [0.15, 0.2) is 11.4 Å². The Bertz CT molecular complexity index is 577. The third-order valence-electron chi connectivity index (χ3n) is 2.27. The molecule has 9 nitrogen and oxygen atoms in total. The Morgan fingerprint density at radius 1 is 1.47 bits per heavy atom. The van der Waals surface area contributed by atoms with E-state index in [1.165, 1.54) is 14.1 Å². The van der Waals surface area contributed by atoms with E-state index in [0.29, 0.717) is 0 Å². The first-order valence-corrected chi connectivity index (χ1v) is 6.81. The van der Waals surface area contributed by atoms with Crippen LogP contribution in [0, 0.1) is 0 Å². The fourth-order valence-corrected chi connectivity index (χ4v) is 1.91. The fraction of sp³-hybridized carbons (Fsp3) is 0.444. The second-order valence-electron chi connectivity index (χ2n) is 3.79. The van der Waals surface area contributed by atoms with Crippen molar-refractivity contribution in [1.82, 2.24) is 19.6 Å². The number of amides is 1. The molecule has 0 atom stereocenters. The highest BCUT2D eigenvalue weighted by Gasteiger charge is 2.20. The zero-order valence-electron chi connectivity index (χ0n) is 10.4. The van der Waals surface area contributed by atoms with Gasteiger partial charge >= 0.3 is 5.97 Å². The van der Waals surface area contributed by atoms with Crippen molar-refractivity contribution >= 4 is 21.9 Å². The van der Waals surface area contributed by atoms with Gasteiger partial charge in [-0.3, -0.25) is 4.79 Å². The van der Waals surface area contributed by atoms with Gasteiger partial charge < -0.3 is 15.4 Å². The van der Waals surface area contributed by atoms with Gasteiger partial charge in [-0.2, -0.15) is 0 Å². The van der Waals surface area contributed by atoms with E-state index in [1.807, 2.05) is 0 Å². The molecule has 3 N–H and O–H groups in total. The van der Waals surface area contributed by atoms with E-state index in [1.54, 1.807) is 0 Å². The third kappa shape index (κ3) is 3.76. The molecule has 1 aromatic rings. The number of carboxylic acid groups (broad SMARTS) is 1. The molecule has 106 valence electrons. The normalized spacial score (nSPS) is 11.5. The summed E-state index contributed by atoms with van der Waals surface area (Å²) in [6.45, 7) is -0.134. The summed E-state index contributed by atoms with van der Waals surface area (Å²) < 4.78 is 23.9. The lowest BCUT2D eigenvalue weighted by Crippen LogP contribution is -2.34. The van der Waals surface area contributed by atoms with Gasteiger partial charge in [-0.15, -0.1) is 0 Å². The minimum atomic E-state index is -3.42. The van der Waals surface area contributed by atoms with Crippen LogP contribution in [0.1, 0.15) is 21.0 Å². The van der Waals surface area contributed by atoms with Crippen LogP contribution in [0.5, 0.6) is 0 Å². The predicted molar refractivity (Wildman–Crippen MR) is 65.4 cm³/mol. The Labute approximate surface area is 109 Å². The van der Waals surface area contributed by atoms with Crippen LogP contribution in [0.4, 0.5) is 0 Å². The number of nitrogens with one attached hydrogen (secondary N) is 2. The molecule has 0 aliphatic heterocycles. The molecule has 0 spiro atoms. The maximum absolute atomic E-state index is 11.6. The highest BCUT2D eigenvalue weighted by atomic mass is 32.2. The Morgan fingerprint density at radius 2 is 2.11 bits per heavy atom. The topological polar surface area (TPSA) is 132 Å². The van der Waals surface area contributed by atoms with Crippen LogP contribution in [0.25, 0.3) is 0 Å². The van der Waals surface area contributed by atoms with Crippen LogP contribution >= 0.6 is 0 Å². The van der Waals surface area contributed by atoms with E-state index in [0.717, 1.165) is 10.6 Å². The van der Waals surface area contributed by atoms with Crippen molar-refractivity contribution in [2.75, 3.05) is 26.4 Å². The lowest BCUT2D eigenvalue weighted by molar-refractivity contribution is 0.0685. The second-order valence-corrected chi connectivity index (χ2v) is 6.09. The molecule has 0 saturated heterocycles. The minimum Gasteiger partial charge on any atom is -0.477 e. The lowest BCUT2D eigenvalue weighted by Gasteiger charge is -2.11. The number of nitrogens with zero attached hydrogens (tertiary/aromatic N) is 2. The van der Waals surface area contributed by atoms with Crippen molar-refractivity contribution < 1.29 is 23.1 Å². The summed E-state index contributed by atoms with van der Waals surface area (Å²) in [5.74, 6) is -2.34. The summed E-state index contributed by atoms with van der Waals surface area (Å²) in [4.78, 5) is 28.3. The van der Waals surface area contributed by atoms with Crippen molar-refractivity contribution in [1.29, 1.82) is 0 Å². The van der Waals surface area contributed by atoms with Gasteiger partial charge in [0.2, 0.25) is 10.0 Å². The molecule has 1 amide bonds.